The summed E-state index contributed by atoms with van der Waals surface area (Å²) in [5, 5.41) is 11.5. The number of benzene rings is 1. The van der Waals surface area contributed by atoms with Crippen LogP contribution in [0.2, 0.25) is 0 Å². The number of hydrogen-bond acceptors (Lipinski definition) is 7. The normalized spacial score (nSPS) is 15.1. The molecule has 0 aliphatic carbocycles. The lowest BCUT2D eigenvalue weighted by molar-refractivity contribution is 0.270. The van der Waals surface area contributed by atoms with Crippen molar-refractivity contribution in [2.45, 2.75) is 20.8 Å². The summed E-state index contributed by atoms with van der Waals surface area (Å²) in [7, 11) is 0. The van der Waals surface area contributed by atoms with Crippen LogP contribution in [0.3, 0.4) is 0 Å². The van der Waals surface area contributed by atoms with Gasteiger partial charge in [-0.15, -0.1) is 5.10 Å². The van der Waals surface area contributed by atoms with Gasteiger partial charge in [-0.1, -0.05) is 6.92 Å². The van der Waals surface area contributed by atoms with E-state index in [1.54, 1.807) is 6.20 Å². The molecular formula is C19H29N7. The number of nitrogens with one attached hydrogen (secondary N) is 1. The predicted molar refractivity (Wildman–Crippen MR) is 107 cm³/mol. The molecule has 2 heterocycles. The predicted octanol–water partition coefficient (Wildman–Crippen LogP) is 2.60. The van der Waals surface area contributed by atoms with Gasteiger partial charge >= 0.3 is 0 Å². The van der Waals surface area contributed by atoms with Gasteiger partial charge in [0.2, 0.25) is 5.95 Å². The molecule has 26 heavy (non-hydrogen) atoms. The molecule has 0 spiro atoms. The maximum absolute atomic E-state index is 4.64. The number of hydrogen-bond donors (Lipinski definition) is 1. The Morgan fingerprint density at radius 3 is 2.31 bits per heavy atom. The van der Waals surface area contributed by atoms with E-state index in [2.05, 4.69) is 80.2 Å². The molecule has 1 fully saturated rings. The van der Waals surface area contributed by atoms with Gasteiger partial charge in [-0.3, -0.25) is 0 Å². The molecule has 1 aliphatic heterocycles. The van der Waals surface area contributed by atoms with Crippen molar-refractivity contribution in [3.05, 3.63) is 30.5 Å². The highest BCUT2D eigenvalue weighted by Gasteiger charge is 2.17. The summed E-state index contributed by atoms with van der Waals surface area (Å²) in [6.07, 6.45) is 1.75. The fourth-order valence-electron chi connectivity index (χ4n) is 3.27. The summed E-state index contributed by atoms with van der Waals surface area (Å²) < 4.78 is 0. The highest BCUT2D eigenvalue weighted by Crippen LogP contribution is 2.20. The Labute approximate surface area is 156 Å². The first-order chi connectivity index (χ1) is 12.7. The molecule has 1 saturated heterocycles. The molecule has 3 rings (SSSR count). The van der Waals surface area contributed by atoms with Crippen molar-refractivity contribution in [3.63, 3.8) is 0 Å². The molecule has 1 N–H and O–H groups in total. The minimum absolute atomic E-state index is 0.538. The molecular weight excluding hydrogens is 326 g/mol. The molecule has 0 saturated carbocycles. The van der Waals surface area contributed by atoms with Crippen LogP contribution in [0.25, 0.3) is 0 Å². The maximum atomic E-state index is 4.64. The van der Waals surface area contributed by atoms with E-state index in [0.29, 0.717) is 5.95 Å². The van der Waals surface area contributed by atoms with Crippen molar-refractivity contribution in [1.82, 2.24) is 20.1 Å². The van der Waals surface area contributed by atoms with Gasteiger partial charge in [0, 0.05) is 50.6 Å². The fourth-order valence-corrected chi connectivity index (χ4v) is 3.27. The van der Waals surface area contributed by atoms with Gasteiger partial charge in [-0.2, -0.15) is 10.1 Å². The number of likely N-dealkylation sites (N-methyl/N-ethyl adjacent to an activating group) is 1. The van der Waals surface area contributed by atoms with E-state index in [9.17, 15) is 0 Å². The largest absolute Gasteiger partial charge is 0.372 e. The van der Waals surface area contributed by atoms with Gasteiger partial charge in [-0.05, 0) is 44.7 Å². The maximum Gasteiger partial charge on any atom is 0.249 e. The topological polar surface area (TPSA) is 60.4 Å². The quantitative estimate of drug-likeness (QED) is 0.819. The molecule has 7 heteroatoms. The molecule has 0 radical (unpaired) electrons. The SMILES string of the molecule is CCN1CCN(c2cnnc(Nc3ccc(N(CC)CC)cc3)n2)CC1. The Morgan fingerprint density at radius 1 is 1.00 bits per heavy atom. The highest BCUT2D eigenvalue weighted by atomic mass is 15.3. The molecule has 140 valence electrons. The van der Waals surface area contributed by atoms with Gasteiger partial charge in [-0.25, -0.2) is 0 Å². The standard InChI is InChI=1S/C19H29N7/c1-4-24-11-13-26(14-12-24)18-15-20-23-19(22-18)21-16-7-9-17(10-8-16)25(5-2)6-3/h7-10,15H,4-6,11-14H2,1-3H3,(H,21,22,23). The van der Waals surface area contributed by atoms with Gasteiger partial charge < -0.3 is 20.0 Å². The average molecular weight is 355 g/mol. The minimum Gasteiger partial charge on any atom is -0.372 e. The third-order valence-corrected chi connectivity index (χ3v) is 4.94. The van der Waals surface area contributed by atoms with Crippen LogP contribution >= 0.6 is 0 Å². The van der Waals surface area contributed by atoms with Gasteiger partial charge in [0.05, 0.1) is 6.20 Å². The third-order valence-electron chi connectivity index (χ3n) is 4.94. The van der Waals surface area contributed by atoms with Crippen molar-refractivity contribution in [1.29, 1.82) is 0 Å². The smallest absolute Gasteiger partial charge is 0.249 e. The first-order valence-corrected chi connectivity index (χ1v) is 9.52. The lowest BCUT2D eigenvalue weighted by atomic mass is 10.2. The van der Waals surface area contributed by atoms with Crippen LogP contribution in [-0.2, 0) is 0 Å². The second-order valence-corrected chi connectivity index (χ2v) is 6.40. The van der Waals surface area contributed by atoms with Crippen molar-refractivity contribution in [2.75, 3.05) is 60.9 Å². The molecule has 0 unspecified atom stereocenters. The summed E-state index contributed by atoms with van der Waals surface area (Å²) >= 11 is 0. The Hall–Kier alpha value is -2.41. The van der Waals surface area contributed by atoms with Gasteiger partial charge in [0.25, 0.3) is 0 Å². The molecule has 1 aromatic heterocycles. The number of anilines is 4. The van der Waals surface area contributed by atoms with Crippen molar-refractivity contribution >= 4 is 23.1 Å². The van der Waals surface area contributed by atoms with Crippen molar-refractivity contribution < 1.29 is 0 Å². The van der Waals surface area contributed by atoms with Crippen LogP contribution in [0, 0.1) is 0 Å². The average Bonchev–Trinajstić information content (AvgIpc) is 2.70. The Kier molecular flexibility index (Phi) is 6.22. The number of aromatic nitrogens is 3. The molecule has 0 atom stereocenters. The van der Waals surface area contributed by atoms with E-state index in [1.807, 2.05) is 0 Å². The summed E-state index contributed by atoms with van der Waals surface area (Å²) in [6.45, 7) is 13.7. The van der Waals surface area contributed by atoms with Crippen LogP contribution in [0.15, 0.2) is 30.5 Å². The summed E-state index contributed by atoms with van der Waals surface area (Å²) in [6, 6.07) is 8.36. The number of nitrogens with zero attached hydrogens (tertiary/aromatic N) is 6. The van der Waals surface area contributed by atoms with E-state index >= 15 is 0 Å². The summed E-state index contributed by atoms with van der Waals surface area (Å²) in [4.78, 5) is 11.7. The third kappa shape index (κ3) is 4.40. The van der Waals surface area contributed by atoms with Crippen LogP contribution < -0.4 is 15.1 Å². The Morgan fingerprint density at radius 2 is 1.69 bits per heavy atom. The molecule has 0 amide bonds. The molecule has 2 aromatic rings. The van der Waals surface area contributed by atoms with Crippen LogP contribution in [-0.4, -0.2) is 65.9 Å². The zero-order valence-electron chi connectivity index (χ0n) is 16.0. The highest BCUT2D eigenvalue weighted by molar-refractivity contribution is 5.59. The lowest BCUT2D eigenvalue weighted by Gasteiger charge is -2.34. The van der Waals surface area contributed by atoms with Gasteiger partial charge in [0.1, 0.15) is 0 Å². The zero-order valence-corrected chi connectivity index (χ0v) is 16.0. The van der Waals surface area contributed by atoms with Crippen molar-refractivity contribution in [3.8, 4) is 0 Å². The molecule has 7 nitrogen and oxygen atoms in total. The first-order valence-electron chi connectivity index (χ1n) is 9.52. The second-order valence-electron chi connectivity index (χ2n) is 6.40. The molecule has 1 aliphatic rings. The van der Waals surface area contributed by atoms with E-state index in [-0.39, 0.29) is 0 Å². The minimum atomic E-state index is 0.538. The second kappa shape index (κ2) is 8.80. The molecule has 0 bridgehead atoms. The van der Waals surface area contributed by atoms with E-state index < -0.39 is 0 Å². The fraction of sp³-hybridized carbons (Fsp3) is 0.526. The van der Waals surface area contributed by atoms with E-state index in [0.717, 1.165) is 57.3 Å². The lowest BCUT2D eigenvalue weighted by Crippen LogP contribution is -2.46. The zero-order chi connectivity index (χ0) is 18.4. The van der Waals surface area contributed by atoms with Crippen molar-refractivity contribution in [2.24, 2.45) is 0 Å². The monoisotopic (exact) mass is 355 g/mol. The van der Waals surface area contributed by atoms with Crippen LogP contribution in [0.5, 0.6) is 0 Å². The van der Waals surface area contributed by atoms with E-state index in [1.165, 1.54) is 5.69 Å². The van der Waals surface area contributed by atoms with Crippen LogP contribution in [0.1, 0.15) is 20.8 Å². The van der Waals surface area contributed by atoms with Gasteiger partial charge in [0.15, 0.2) is 5.82 Å². The number of piperazine rings is 1. The first kappa shape index (κ1) is 18.4. The molecule has 1 aromatic carbocycles. The van der Waals surface area contributed by atoms with Crippen LogP contribution in [0.4, 0.5) is 23.1 Å². The van der Waals surface area contributed by atoms with E-state index in [4.69, 9.17) is 0 Å². The number of rotatable bonds is 7. The summed E-state index contributed by atoms with van der Waals surface area (Å²) in [5.41, 5.74) is 2.19. The Balaban J connectivity index is 1.65. The summed E-state index contributed by atoms with van der Waals surface area (Å²) in [5.74, 6) is 1.43. The Bertz CT molecular complexity index is 677.